The molecule has 0 fully saturated rings. The molecule has 19 heavy (non-hydrogen) atoms. The third kappa shape index (κ3) is 5.20. The van der Waals surface area contributed by atoms with Crippen LogP contribution in [-0.2, 0) is 10.9 Å². The van der Waals surface area contributed by atoms with E-state index in [4.69, 9.17) is 16.3 Å². The van der Waals surface area contributed by atoms with Gasteiger partial charge in [0.15, 0.2) is 0 Å². The summed E-state index contributed by atoms with van der Waals surface area (Å²) in [5.74, 6) is -1.25. The molecule has 0 saturated heterocycles. The van der Waals surface area contributed by atoms with E-state index >= 15 is 0 Å². The normalized spacial score (nSPS) is 12.6. The van der Waals surface area contributed by atoms with E-state index in [1.165, 1.54) is 6.07 Å². The summed E-state index contributed by atoms with van der Waals surface area (Å²) in [6.45, 7) is 6.28. The quantitative estimate of drug-likeness (QED) is 0.847. The summed E-state index contributed by atoms with van der Waals surface area (Å²) >= 11 is 5.54. The van der Waals surface area contributed by atoms with Crippen molar-refractivity contribution in [2.24, 2.45) is 0 Å². The highest BCUT2D eigenvalue weighted by molar-refractivity contribution is 6.29. The number of halogens is 4. The molecule has 0 bridgehead atoms. The maximum atomic E-state index is 12.5. The van der Waals surface area contributed by atoms with Gasteiger partial charge in [-0.1, -0.05) is 11.6 Å². The molecule has 0 radical (unpaired) electrons. The summed E-state index contributed by atoms with van der Waals surface area (Å²) in [4.78, 5) is 6.52. The Hall–Kier alpha value is -1.08. The van der Waals surface area contributed by atoms with Crippen LogP contribution in [0.2, 0.25) is 5.15 Å². The van der Waals surface area contributed by atoms with Gasteiger partial charge in [-0.15, -0.1) is 0 Å². The minimum atomic E-state index is -4.63. The molecule has 0 aromatic carbocycles. The minimum Gasteiger partial charge on any atom is -0.374 e. The van der Waals surface area contributed by atoms with Gasteiger partial charge in [0, 0.05) is 19.2 Å². The zero-order chi connectivity index (χ0) is 14.7. The fraction of sp³-hybridized carbons (Fsp3) is 0.636. The molecule has 0 aliphatic heterocycles. The van der Waals surface area contributed by atoms with Crippen molar-refractivity contribution in [2.75, 3.05) is 18.5 Å². The van der Waals surface area contributed by atoms with Crippen LogP contribution in [-0.4, -0.2) is 28.7 Å². The monoisotopic (exact) mass is 297 g/mol. The maximum Gasteiger partial charge on any atom is 0.451 e. The molecule has 1 rings (SSSR count). The van der Waals surface area contributed by atoms with E-state index in [2.05, 4.69) is 15.3 Å². The highest BCUT2D eigenvalue weighted by atomic mass is 35.5. The Bertz CT molecular complexity index is 438. The molecule has 1 aromatic rings. The van der Waals surface area contributed by atoms with Gasteiger partial charge >= 0.3 is 6.18 Å². The molecular formula is C11H15ClF3N3O. The largest absolute Gasteiger partial charge is 0.451 e. The fourth-order valence-corrected chi connectivity index (χ4v) is 1.56. The lowest BCUT2D eigenvalue weighted by molar-refractivity contribution is -0.144. The van der Waals surface area contributed by atoms with Crippen LogP contribution in [0, 0.1) is 0 Å². The molecule has 0 saturated carbocycles. The Morgan fingerprint density at radius 2 is 1.95 bits per heavy atom. The Morgan fingerprint density at radius 1 is 1.32 bits per heavy atom. The molecular weight excluding hydrogens is 283 g/mol. The van der Waals surface area contributed by atoms with Crippen molar-refractivity contribution >= 4 is 17.4 Å². The molecule has 8 heteroatoms. The number of rotatable bonds is 5. The average molecular weight is 298 g/mol. The second-order valence-electron chi connectivity index (χ2n) is 4.44. The van der Waals surface area contributed by atoms with Crippen LogP contribution < -0.4 is 5.32 Å². The summed E-state index contributed by atoms with van der Waals surface area (Å²) in [5, 5.41) is 2.50. The molecule has 1 heterocycles. The number of alkyl halides is 3. The number of nitrogens with zero attached hydrogens (tertiary/aromatic N) is 2. The molecule has 0 aliphatic carbocycles. The SMILES string of the molecule is CCOC(C)(C)CNc1cc(Cl)nc(C(F)(F)F)n1. The van der Waals surface area contributed by atoms with Crippen LogP contribution in [0.5, 0.6) is 0 Å². The van der Waals surface area contributed by atoms with Gasteiger partial charge in [0.2, 0.25) is 5.82 Å². The van der Waals surface area contributed by atoms with Gasteiger partial charge in [0.05, 0.1) is 5.60 Å². The summed E-state index contributed by atoms with van der Waals surface area (Å²) in [6.07, 6.45) is -4.63. The lowest BCUT2D eigenvalue weighted by atomic mass is 10.1. The second-order valence-corrected chi connectivity index (χ2v) is 4.83. The van der Waals surface area contributed by atoms with Crippen molar-refractivity contribution in [2.45, 2.75) is 32.5 Å². The molecule has 4 nitrogen and oxygen atoms in total. The minimum absolute atomic E-state index is 0.0140. The number of ether oxygens (including phenoxy) is 1. The first kappa shape index (κ1) is 16.0. The maximum absolute atomic E-state index is 12.5. The standard InChI is InChI=1S/C11H15ClF3N3O/c1-4-19-10(2,3)6-16-8-5-7(12)17-9(18-8)11(13,14)15/h5H,4,6H2,1-3H3,(H,16,17,18). The van der Waals surface area contributed by atoms with Crippen molar-refractivity contribution in [1.82, 2.24) is 9.97 Å². The summed E-state index contributed by atoms with van der Waals surface area (Å²) in [5.41, 5.74) is -0.523. The Morgan fingerprint density at radius 3 is 2.47 bits per heavy atom. The van der Waals surface area contributed by atoms with Crippen molar-refractivity contribution < 1.29 is 17.9 Å². The second kappa shape index (κ2) is 5.92. The van der Waals surface area contributed by atoms with Gasteiger partial charge in [-0.25, -0.2) is 9.97 Å². The van der Waals surface area contributed by atoms with Crippen molar-refractivity contribution in [3.05, 3.63) is 17.0 Å². The van der Waals surface area contributed by atoms with E-state index in [0.29, 0.717) is 13.2 Å². The number of nitrogens with one attached hydrogen (secondary N) is 1. The molecule has 0 amide bonds. The summed E-state index contributed by atoms with van der Waals surface area (Å²) in [6, 6.07) is 1.23. The van der Waals surface area contributed by atoms with Gasteiger partial charge in [-0.05, 0) is 20.8 Å². The summed E-state index contributed by atoms with van der Waals surface area (Å²) < 4.78 is 42.9. The predicted octanol–water partition coefficient (Wildman–Crippen LogP) is 3.38. The van der Waals surface area contributed by atoms with Crippen molar-refractivity contribution in [3.63, 3.8) is 0 Å². The van der Waals surface area contributed by atoms with Gasteiger partial charge < -0.3 is 10.1 Å². The van der Waals surface area contributed by atoms with E-state index in [1.54, 1.807) is 0 Å². The highest BCUT2D eigenvalue weighted by Gasteiger charge is 2.35. The molecule has 1 aromatic heterocycles. The highest BCUT2D eigenvalue weighted by Crippen LogP contribution is 2.28. The third-order valence-electron chi connectivity index (χ3n) is 2.18. The first-order chi connectivity index (χ1) is 8.64. The third-order valence-corrected chi connectivity index (χ3v) is 2.37. The Kier molecular flexibility index (Phi) is 4.98. The molecule has 0 unspecified atom stereocenters. The van der Waals surface area contributed by atoms with Gasteiger partial charge in [-0.2, -0.15) is 13.2 Å². The van der Waals surface area contributed by atoms with Gasteiger partial charge in [0.25, 0.3) is 0 Å². The van der Waals surface area contributed by atoms with E-state index in [1.807, 2.05) is 20.8 Å². The molecule has 0 spiro atoms. The zero-order valence-electron chi connectivity index (χ0n) is 10.8. The molecule has 1 N–H and O–H groups in total. The fourth-order valence-electron chi connectivity index (χ4n) is 1.38. The van der Waals surface area contributed by atoms with Crippen LogP contribution in [0.15, 0.2) is 6.07 Å². The summed E-state index contributed by atoms with van der Waals surface area (Å²) in [7, 11) is 0. The lowest BCUT2D eigenvalue weighted by Gasteiger charge is -2.25. The molecule has 108 valence electrons. The van der Waals surface area contributed by atoms with Gasteiger partial charge in [-0.3, -0.25) is 0 Å². The van der Waals surface area contributed by atoms with E-state index in [0.717, 1.165) is 0 Å². The molecule has 0 aliphatic rings. The van der Waals surface area contributed by atoms with Crippen LogP contribution in [0.25, 0.3) is 0 Å². The van der Waals surface area contributed by atoms with Crippen LogP contribution >= 0.6 is 11.6 Å². The lowest BCUT2D eigenvalue weighted by Crippen LogP contribution is -2.33. The van der Waals surface area contributed by atoms with Crippen LogP contribution in [0.4, 0.5) is 19.0 Å². The number of aromatic nitrogens is 2. The first-order valence-corrected chi connectivity index (χ1v) is 6.01. The molecule has 0 atom stereocenters. The number of anilines is 1. The van der Waals surface area contributed by atoms with Crippen LogP contribution in [0.3, 0.4) is 0 Å². The smallest absolute Gasteiger partial charge is 0.374 e. The van der Waals surface area contributed by atoms with Gasteiger partial charge in [0.1, 0.15) is 11.0 Å². The van der Waals surface area contributed by atoms with E-state index < -0.39 is 17.6 Å². The van der Waals surface area contributed by atoms with Crippen LogP contribution in [0.1, 0.15) is 26.6 Å². The predicted molar refractivity (Wildman–Crippen MR) is 66.2 cm³/mol. The number of hydrogen-bond donors (Lipinski definition) is 1. The van der Waals surface area contributed by atoms with E-state index in [-0.39, 0.29) is 11.0 Å². The average Bonchev–Trinajstić information content (AvgIpc) is 2.24. The topological polar surface area (TPSA) is 47.0 Å². The first-order valence-electron chi connectivity index (χ1n) is 5.63. The van der Waals surface area contributed by atoms with Crippen molar-refractivity contribution in [3.8, 4) is 0 Å². The number of hydrogen-bond acceptors (Lipinski definition) is 4. The zero-order valence-corrected chi connectivity index (χ0v) is 11.6. The Labute approximate surface area is 114 Å². The van der Waals surface area contributed by atoms with Crippen molar-refractivity contribution in [1.29, 1.82) is 0 Å². The Balaban J connectivity index is 2.82. The van der Waals surface area contributed by atoms with E-state index in [9.17, 15) is 13.2 Å².